The highest BCUT2D eigenvalue weighted by molar-refractivity contribution is 7.88. The first-order chi connectivity index (χ1) is 13.2. The van der Waals surface area contributed by atoms with E-state index in [1.807, 2.05) is 0 Å². The first kappa shape index (κ1) is 22.1. The molecule has 0 saturated heterocycles. The fourth-order valence-corrected chi connectivity index (χ4v) is 4.81. The largest absolute Gasteiger partial charge is 0.350 e. The van der Waals surface area contributed by atoms with E-state index in [9.17, 15) is 18.0 Å². The molecular formula is C19H25N3O4S2. The number of carbonyl (C=O) groups is 2. The maximum Gasteiger partial charge on any atom is 0.264 e. The van der Waals surface area contributed by atoms with Crippen molar-refractivity contribution in [1.29, 1.82) is 0 Å². The van der Waals surface area contributed by atoms with Gasteiger partial charge in [-0.05, 0) is 36.4 Å². The van der Waals surface area contributed by atoms with Gasteiger partial charge in [0, 0.05) is 19.6 Å². The molecule has 0 atom stereocenters. The lowest BCUT2D eigenvalue weighted by atomic mass is 10.1. The topological polar surface area (TPSA) is 95.6 Å². The molecule has 2 N–H and O–H groups in total. The molecule has 0 aliphatic carbocycles. The van der Waals surface area contributed by atoms with Crippen LogP contribution in [0.1, 0.15) is 34.6 Å². The Morgan fingerprint density at radius 1 is 1.11 bits per heavy atom. The molecule has 152 valence electrons. The van der Waals surface area contributed by atoms with E-state index in [0.29, 0.717) is 10.4 Å². The normalized spacial score (nSPS) is 11.4. The van der Waals surface area contributed by atoms with Crippen molar-refractivity contribution in [2.45, 2.75) is 32.2 Å². The van der Waals surface area contributed by atoms with E-state index in [-0.39, 0.29) is 36.7 Å². The van der Waals surface area contributed by atoms with Gasteiger partial charge in [-0.1, -0.05) is 30.3 Å². The molecule has 1 aromatic heterocycles. The molecule has 7 nitrogen and oxygen atoms in total. The van der Waals surface area contributed by atoms with E-state index in [0.717, 1.165) is 5.56 Å². The molecule has 2 amide bonds. The molecule has 0 aliphatic rings. The van der Waals surface area contributed by atoms with Crippen LogP contribution in [0.2, 0.25) is 0 Å². The van der Waals surface area contributed by atoms with Crippen LogP contribution in [0.25, 0.3) is 0 Å². The Bertz CT molecular complexity index is 909. The zero-order chi connectivity index (χ0) is 20.7. The van der Waals surface area contributed by atoms with Crippen LogP contribution in [0.15, 0.2) is 41.8 Å². The van der Waals surface area contributed by atoms with Crippen molar-refractivity contribution in [2.24, 2.45) is 0 Å². The maximum absolute atomic E-state index is 12.2. The van der Waals surface area contributed by atoms with Gasteiger partial charge in [0.1, 0.15) is 0 Å². The van der Waals surface area contributed by atoms with Gasteiger partial charge in [0.2, 0.25) is 15.9 Å². The number of hydrogen-bond acceptors (Lipinski definition) is 5. The van der Waals surface area contributed by atoms with Gasteiger partial charge < -0.3 is 10.2 Å². The minimum Gasteiger partial charge on any atom is -0.350 e. The van der Waals surface area contributed by atoms with E-state index in [1.54, 1.807) is 62.7 Å². The SMILES string of the molecule is CC(C)NS(=O)(=O)Cc1ccccc1CNC(=O)CN(C)C(=O)c1cccs1. The first-order valence-corrected chi connectivity index (χ1v) is 11.3. The van der Waals surface area contributed by atoms with Gasteiger partial charge in [-0.15, -0.1) is 11.3 Å². The fourth-order valence-electron chi connectivity index (χ4n) is 2.60. The van der Waals surface area contributed by atoms with E-state index < -0.39 is 10.0 Å². The predicted octanol–water partition coefficient (Wildman–Crippen LogP) is 1.96. The summed E-state index contributed by atoms with van der Waals surface area (Å²) in [5, 5.41) is 4.56. The summed E-state index contributed by atoms with van der Waals surface area (Å²) >= 11 is 1.32. The van der Waals surface area contributed by atoms with Crippen molar-refractivity contribution in [3.05, 3.63) is 57.8 Å². The number of sulfonamides is 1. The summed E-state index contributed by atoms with van der Waals surface area (Å²) in [5.41, 5.74) is 1.34. The monoisotopic (exact) mass is 423 g/mol. The average molecular weight is 424 g/mol. The van der Waals surface area contributed by atoms with Crippen molar-refractivity contribution >= 4 is 33.2 Å². The number of carbonyl (C=O) groups excluding carboxylic acids is 2. The number of hydrogen-bond donors (Lipinski definition) is 2. The third kappa shape index (κ3) is 6.74. The van der Waals surface area contributed by atoms with Crippen LogP contribution < -0.4 is 10.0 Å². The molecule has 0 bridgehead atoms. The second-order valence-corrected chi connectivity index (χ2v) is 9.42. The van der Waals surface area contributed by atoms with Crippen LogP contribution >= 0.6 is 11.3 Å². The number of nitrogens with zero attached hydrogens (tertiary/aromatic N) is 1. The molecule has 9 heteroatoms. The number of rotatable bonds is 9. The van der Waals surface area contributed by atoms with Crippen molar-refractivity contribution in [1.82, 2.24) is 14.9 Å². The molecule has 0 spiro atoms. The molecular weight excluding hydrogens is 398 g/mol. The van der Waals surface area contributed by atoms with Gasteiger partial charge in [0.15, 0.2) is 0 Å². The Morgan fingerprint density at radius 2 is 1.79 bits per heavy atom. The molecule has 0 unspecified atom stereocenters. The minimum absolute atomic E-state index is 0.0773. The lowest BCUT2D eigenvalue weighted by Crippen LogP contribution is -2.38. The first-order valence-electron chi connectivity index (χ1n) is 8.80. The smallest absolute Gasteiger partial charge is 0.264 e. The highest BCUT2D eigenvalue weighted by Gasteiger charge is 2.17. The second kappa shape index (κ2) is 9.81. The number of thiophene rings is 1. The number of nitrogens with one attached hydrogen (secondary N) is 2. The van der Waals surface area contributed by atoms with Gasteiger partial charge in [0.25, 0.3) is 5.91 Å². The van der Waals surface area contributed by atoms with E-state index in [1.165, 1.54) is 16.2 Å². The van der Waals surface area contributed by atoms with Gasteiger partial charge >= 0.3 is 0 Å². The molecule has 0 aliphatic heterocycles. The highest BCUT2D eigenvalue weighted by atomic mass is 32.2. The quantitative estimate of drug-likeness (QED) is 0.645. The van der Waals surface area contributed by atoms with Crippen molar-refractivity contribution < 1.29 is 18.0 Å². The summed E-state index contributed by atoms with van der Waals surface area (Å²) in [5.74, 6) is -0.685. The molecule has 1 aromatic carbocycles. The lowest BCUT2D eigenvalue weighted by Gasteiger charge is -2.17. The second-order valence-electron chi connectivity index (χ2n) is 6.72. The molecule has 0 radical (unpaired) electrons. The zero-order valence-corrected chi connectivity index (χ0v) is 17.8. The van der Waals surface area contributed by atoms with Crippen molar-refractivity contribution in [3.63, 3.8) is 0 Å². The Balaban J connectivity index is 1.95. The maximum atomic E-state index is 12.2. The van der Waals surface area contributed by atoms with Crippen LogP contribution in [0, 0.1) is 0 Å². The van der Waals surface area contributed by atoms with Crippen LogP contribution in [0.3, 0.4) is 0 Å². The summed E-state index contributed by atoms with van der Waals surface area (Å²) in [4.78, 5) is 26.3. The van der Waals surface area contributed by atoms with Crippen LogP contribution in [-0.2, 0) is 27.1 Å². The lowest BCUT2D eigenvalue weighted by molar-refractivity contribution is -0.121. The molecule has 1 heterocycles. The van der Waals surface area contributed by atoms with E-state index in [2.05, 4.69) is 10.0 Å². The molecule has 2 rings (SSSR count). The Kier molecular flexibility index (Phi) is 7.73. The van der Waals surface area contributed by atoms with Crippen molar-refractivity contribution in [2.75, 3.05) is 13.6 Å². The molecule has 28 heavy (non-hydrogen) atoms. The summed E-state index contributed by atoms with van der Waals surface area (Å²) in [6.07, 6.45) is 0. The van der Waals surface area contributed by atoms with Gasteiger partial charge in [0.05, 0.1) is 17.2 Å². The Morgan fingerprint density at radius 3 is 2.39 bits per heavy atom. The van der Waals surface area contributed by atoms with E-state index in [4.69, 9.17) is 0 Å². The molecule has 0 fully saturated rings. The Labute approximate surface area is 169 Å². The minimum atomic E-state index is -3.46. The number of likely N-dealkylation sites (N-methyl/N-ethyl adjacent to an activating group) is 1. The summed E-state index contributed by atoms with van der Waals surface area (Å²) in [7, 11) is -1.90. The predicted molar refractivity (Wildman–Crippen MR) is 110 cm³/mol. The molecule has 0 saturated carbocycles. The highest BCUT2D eigenvalue weighted by Crippen LogP contribution is 2.13. The summed E-state index contributed by atoms with van der Waals surface area (Å²) in [6, 6.07) is 10.4. The standard InChI is InChI=1S/C19H25N3O4S2/c1-14(2)21-28(25,26)13-16-8-5-4-7-15(16)11-20-18(23)12-22(3)19(24)17-9-6-10-27-17/h4-10,14,21H,11-13H2,1-3H3,(H,20,23). The third-order valence-electron chi connectivity index (χ3n) is 3.81. The zero-order valence-electron chi connectivity index (χ0n) is 16.1. The van der Waals surface area contributed by atoms with Crippen molar-refractivity contribution in [3.8, 4) is 0 Å². The Hall–Kier alpha value is -2.23. The molecule has 2 aromatic rings. The summed E-state index contributed by atoms with van der Waals surface area (Å²) < 4.78 is 26.9. The summed E-state index contributed by atoms with van der Waals surface area (Å²) in [6.45, 7) is 3.63. The van der Waals surface area contributed by atoms with E-state index >= 15 is 0 Å². The van der Waals surface area contributed by atoms with Gasteiger partial charge in [-0.25, -0.2) is 13.1 Å². The van der Waals surface area contributed by atoms with Crippen LogP contribution in [0.5, 0.6) is 0 Å². The average Bonchev–Trinajstić information content (AvgIpc) is 3.13. The van der Waals surface area contributed by atoms with Gasteiger partial charge in [-0.2, -0.15) is 0 Å². The third-order valence-corrected chi connectivity index (χ3v) is 6.19. The number of benzene rings is 1. The van der Waals surface area contributed by atoms with Crippen LogP contribution in [-0.4, -0.2) is 44.8 Å². The van der Waals surface area contributed by atoms with Gasteiger partial charge in [-0.3, -0.25) is 9.59 Å². The number of amides is 2. The fraction of sp³-hybridized carbons (Fsp3) is 0.368. The van der Waals surface area contributed by atoms with Crippen LogP contribution in [0.4, 0.5) is 0 Å².